The van der Waals surface area contributed by atoms with Crippen LogP contribution in [0, 0.1) is 0 Å². The molecule has 1 aliphatic heterocycles. The molecule has 0 atom stereocenters. The minimum Gasteiger partial charge on any atom is -0.357 e. The number of guanidine groups is 1. The fourth-order valence-electron chi connectivity index (χ4n) is 2.92. The standard InChI is InChI=1S/C20H29N7/c1-3-21-20(25-16-18-6-4-5-9-22-18)24-15-17-7-8-19(23-14-17)27-12-10-26(2)11-13-27/h4-9,14H,3,10-13,15-16H2,1-2H3,(H2,21,24,25). The van der Waals surface area contributed by atoms with Gasteiger partial charge in [-0.3, -0.25) is 4.98 Å². The molecule has 0 aliphatic carbocycles. The molecular weight excluding hydrogens is 338 g/mol. The van der Waals surface area contributed by atoms with Crippen LogP contribution in [0.5, 0.6) is 0 Å². The van der Waals surface area contributed by atoms with Gasteiger partial charge in [0, 0.05) is 45.1 Å². The van der Waals surface area contributed by atoms with Crippen LogP contribution in [0.2, 0.25) is 0 Å². The lowest BCUT2D eigenvalue weighted by atomic mass is 10.2. The Kier molecular flexibility index (Phi) is 6.98. The van der Waals surface area contributed by atoms with Crippen molar-refractivity contribution in [3.8, 4) is 0 Å². The molecular formula is C20H29N7. The largest absolute Gasteiger partial charge is 0.357 e. The summed E-state index contributed by atoms with van der Waals surface area (Å²) in [5.41, 5.74) is 2.09. The number of rotatable bonds is 6. The van der Waals surface area contributed by atoms with Gasteiger partial charge in [-0.15, -0.1) is 0 Å². The second-order valence-electron chi connectivity index (χ2n) is 6.68. The Morgan fingerprint density at radius 1 is 1.07 bits per heavy atom. The lowest BCUT2D eigenvalue weighted by Gasteiger charge is -2.33. The third-order valence-electron chi connectivity index (χ3n) is 4.56. The van der Waals surface area contributed by atoms with Gasteiger partial charge < -0.3 is 20.4 Å². The number of anilines is 1. The zero-order valence-corrected chi connectivity index (χ0v) is 16.2. The Bertz CT molecular complexity index is 707. The van der Waals surface area contributed by atoms with Crippen LogP contribution >= 0.6 is 0 Å². The van der Waals surface area contributed by atoms with Gasteiger partial charge >= 0.3 is 0 Å². The molecule has 0 saturated carbocycles. The molecule has 27 heavy (non-hydrogen) atoms. The molecule has 0 unspecified atom stereocenters. The number of hydrogen-bond acceptors (Lipinski definition) is 5. The van der Waals surface area contributed by atoms with Gasteiger partial charge in [0.1, 0.15) is 5.82 Å². The van der Waals surface area contributed by atoms with Crippen LogP contribution < -0.4 is 15.5 Å². The van der Waals surface area contributed by atoms with E-state index in [1.807, 2.05) is 24.4 Å². The average molecular weight is 368 g/mol. The quantitative estimate of drug-likeness (QED) is 0.595. The molecule has 1 fully saturated rings. The zero-order chi connectivity index (χ0) is 18.9. The SMILES string of the molecule is CCNC(=NCc1ccc(N2CCN(C)CC2)nc1)NCc1ccccn1. The Morgan fingerprint density at radius 3 is 2.59 bits per heavy atom. The third-order valence-corrected chi connectivity index (χ3v) is 4.56. The van der Waals surface area contributed by atoms with Crippen molar-refractivity contribution in [1.82, 2.24) is 25.5 Å². The van der Waals surface area contributed by atoms with E-state index in [-0.39, 0.29) is 0 Å². The van der Waals surface area contributed by atoms with Gasteiger partial charge in [0.15, 0.2) is 5.96 Å². The first-order valence-corrected chi connectivity index (χ1v) is 9.55. The summed E-state index contributed by atoms with van der Waals surface area (Å²) in [5.74, 6) is 1.84. The minimum absolute atomic E-state index is 0.591. The molecule has 2 aromatic rings. The van der Waals surface area contributed by atoms with Crippen molar-refractivity contribution < 1.29 is 0 Å². The molecule has 7 heteroatoms. The Balaban J connectivity index is 1.55. The maximum absolute atomic E-state index is 4.66. The number of piperazine rings is 1. The first kappa shape index (κ1) is 19.1. The van der Waals surface area contributed by atoms with E-state index in [0.717, 1.165) is 55.8 Å². The topological polar surface area (TPSA) is 68.7 Å². The molecule has 2 aromatic heterocycles. The highest BCUT2D eigenvalue weighted by Crippen LogP contribution is 2.14. The monoisotopic (exact) mass is 367 g/mol. The highest BCUT2D eigenvalue weighted by Gasteiger charge is 2.14. The maximum Gasteiger partial charge on any atom is 0.191 e. The second-order valence-corrected chi connectivity index (χ2v) is 6.68. The van der Waals surface area contributed by atoms with Gasteiger partial charge in [-0.25, -0.2) is 9.98 Å². The molecule has 3 heterocycles. The second kappa shape index (κ2) is 9.87. The summed E-state index contributed by atoms with van der Waals surface area (Å²) in [4.78, 5) is 18.3. The zero-order valence-electron chi connectivity index (χ0n) is 16.2. The predicted octanol–water partition coefficient (Wildman–Crippen LogP) is 1.48. The Morgan fingerprint density at radius 2 is 1.93 bits per heavy atom. The minimum atomic E-state index is 0.591. The van der Waals surface area contributed by atoms with Gasteiger partial charge in [0.05, 0.1) is 18.8 Å². The summed E-state index contributed by atoms with van der Waals surface area (Å²) >= 11 is 0. The van der Waals surface area contributed by atoms with Crippen molar-refractivity contribution >= 4 is 11.8 Å². The lowest BCUT2D eigenvalue weighted by Crippen LogP contribution is -2.44. The van der Waals surface area contributed by atoms with Crippen LogP contribution in [0.25, 0.3) is 0 Å². The summed E-state index contributed by atoms with van der Waals surface area (Å²) < 4.78 is 0. The van der Waals surface area contributed by atoms with Crippen LogP contribution in [0.3, 0.4) is 0 Å². The first-order chi connectivity index (χ1) is 13.2. The summed E-state index contributed by atoms with van der Waals surface area (Å²) in [6, 6.07) is 10.1. The fraction of sp³-hybridized carbons (Fsp3) is 0.450. The van der Waals surface area contributed by atoms with E-state index in [1.54, 1.807) is 6.20 Å². The molecule has 144 valence electrons. The third kappa shape index (κ3) is 5.92. The van der Waals surface area contributed by atoms with Crippen LogP contribution in [-0.2, 0) is 13.1 Å². The van der Waals surface area contributed by atoms with Gasteiger partial charge in [-0.2, -0.15) is 0 Å². The van der Waals surface area contributed by atoms with Gasteiger partial charge in [0.2, 0.25) is 0 Å². The number of aliphatic imine (C=N–C) groups is 1. The van der Waals surface area contributed by atoms with Crippen LogP contribution in [0.1, 0.15) is 18.2 Å². The summed E-state index contributed by atoms with van der Waals surface area (Å²) in [7, 11) is 2.16. The summed E-state index contributed by atoms with van der Waals surface area (Å²) in [6.45, 7) is 8.34. The molecule has 7 nitrogen and oxygen atoms in total. The van der Waals surface area contributed by atoms with E-state index in [9.17, 15) is 0 Å². The van der Waals surface area contributed by atoms with Crippen molar-refractivity contribution in [2.45, 2.75) is 20.0 Å². The number of pyridine rings is 2. The van der Waals surface area contributed by atoms with E-state index in [2.05, 4.69) is 61.5 Å². The summed E-state index contributed by atoms with van der Waals surface area (Å²) in [6.07, 6.45) is 3.73. The van der Waals surface area contributed by atoms with Crippen molar-refractivity contribution in [3.05, 3.63) is 54.0 Å². The van der Waals surface area contributed by atoms with Crippen LogP contribution in [0.15, 0.2) is 47.7 Å². The van der Waals surface area contributed by atoms with Crippen LogP contribution in [0.4, 0.5) is 5.82 Å². The van der Waals surface area contributed by atoms with Crippen molar-refractivity contribution in [2.24, 2.45) is 4.99 Å². The molecule has 3 rings (SSSR count). The van der Waals surface area contributed by atoms with Gasteiger partial charge in [-0.05, 0) is 37.7 Å². The smallest absolute Gasteiger partial charge is 0.191 e. The van der Waals surface area contributed by atoms with E-state index >= 15 is 0 Å². The molecule has 1 saturated heterocycles. The number of likely N-dealkylation sites (N-methyl/N-ethyl adjacent to an activating group) is 1. The lowest BCUT2D eigenvalue weighted by molar-refractivity contribution is 0.312. The van der Waals surface area contributed by atoms with Crippen LogP contribution in [-0.4, -0.2) is 60.6 Å². The maximum atomic E-state index is 4.66. The summed E-state index contributed by atoms with van der Waals surface area (Å²) in [5, 5.41) is 6.59. The van der Waals surface area contributed by atoms with Crippen molar-refractivity contribution in [1.29, 1.82) is 0 Å². The van der Waals surface area contributed by atoms with Crippen molar-refractivity contribution in [2.75, 3.05) is 44.7 Å². The molecule has 0 radical (unpaired) electrons. The normalized spacial score (nSPS) is 15.6. The molecule has 2 N–H and O–H groups in total. The first-order valence-electron chi connectivity index (χ1n) is 9.55. The van der Waals surface area contributed by atoms with Gasteiger partial charge in [-0.1, -0.05) is 12.1 Å². The molecule has 0 bridgehead atoms. The van der Waals surface area contributed by atoms with Crippen molar-refractivity contribution in [3.63, 3.8) is 0 Å². The number of hydrogen-bond donors (Lipinski definition) is 2. The number of aromatic nitrogens is 2. The van der Waals surface area contributed by atoms with E-state index < -0.39 is 0 Å². The molecule has 1 aliphatic rings. The Labute approximate surface area is 161 Å². The fourth-order valence-corrected chi connectivity index (χ4v) is 2.92. The highest BCUT2D eigenvalue weighted by atomic mass is 15.3. The number of nitrogens with zero attached hydrogens (tertiary/aromatic N) is 5. The molecule has 0 spiro atoms. The van der Waals surface area contributed by atoms with E-state index in [1.165, 1.54) is 0 Å². The number of nitrogens with one attached hydrogen (secondary N) is 2. The molecule has 0 aromatic carbocycles. The predicted molar refractivity (Wildman–Crippen MR) is 110 cm³/mol. The Hall–Kier alpha value is -2.67. The van der Waals surface area contributed by atoms with E-state index in [4.69, 9.17) is 0 Å². The van der Waals surface area contributed by atoms with E-state index in [0.29, 0.717) is 13.1 Å². The highest BCUT2D eigenvalue weighted by molar-refractivity contribution is 5.79. The average Bonchev–Trinajstić information content (AvgIpc) is 2.72. The van der Waals surface area contributed by atoms with Gasteiger partial charge in [0.25, 0.3) is 0 Å². The molecule has 0 amide bonds.